The van der Waals surface area contributed by atoms with Crippen LogP contribution in [0.15, 0.2) is 46.1 Å². The average molecular weight is 490 g/mol. The highest BCUT2D eigenvalue weighted by Crippen LogP contribution is 2.26. The van der Waals surface area contributed by atoms with Crippen LogP contribution in [0.25, 0.3) is 10.9 Å². The zero-order valence-corrected chi connectivity index (χ0v) is 20.2. The number of aliphatic carboxylic acids is 1. The molecule has 0 amide bonds. The van der Waals surface area contributed by atoms with Crippen molar-refractivity contribution in [3.8, 4) is 5.75 Å². The fourth-order valence-electron chi connectivity index (χ4n) is 4.25. The maximum Gasteiger partial charge on any atom is 0.322 e. The molecule has 33 heavy (non-hydrogen) atoms. The number of rotatable bonds is 10. The molecule has 1 aliphatic rings. The summed E-state index contributed by atoms with van der Waals surface area (Å²) in [6.45, 7) is 3.55. The van der Waals surface area contributed by atoms with Crippen LogP contribution in [0.1, 0.15) is 12.0 Å². The van der Waals surface area contributed by atoms with Crippen LogP contribution in [-0.2, 0) is 11.2 Å². The number of methoxy groups -OCH3 is 1. The second-order valence-electron chi connectivity index (χ2n) is 8.04. The third kappa shape index (κ3) is 6.03. The van der Waals surface area contributed by atoms with Crippen molar-refractivity contribution in [3.05, 3.63) is 53.3 Å². The van der Waals surface area contributed by atoms with Gasteiger partial charge in [-0.15, -0.1) is 23.1 Å². The molecule has 0 radical (unpaired) electrons. The second-order valence-corrected chi connectivity index (χ2v) is 10.4. The Morgan fingerprint density at radius 2 is 2.21 bits per heavy atom. The molecule has 0 bridgehead atoms. The molecule has 3 aromatic rings. The summed E-state index contributed by atoms with van der Waals surface area (Å²) in [5.74, 6) is 0.481. The first-order valence-electron chi connectivity index (χ1n) is 11.0. The lowest BCUT2D eigenvalue weighted by Gasteiger charge is -2.39. The van der Waals surface area contributed by atoms with Crippen LogP contribution >= 0.6 is 23.1 Å². The van der Waals surface area contributed by atoms with E-state index in [2.05, 4.69) is 21.3 Å². The van der Waals surface area contributed by atoms with Crippen molar-refractivity contribution >= 4 is 40.0 Å². The van der Waals surface area contributed by atoms with Gasteiger partial charge in [-0.05, 0) is 54.6 Å². The van der Waals surface area contributed by atoms with Crippen LogP contribution in [0, 0.1) is 5.82 Å². The van der Waals surface area contributed by atoms with Gasteiger partial charge in [0.25, 0.3) is 0 Å². The normalized spacial score (nSPS) is 17.5. The van der Waals surface area contributed by atoms with Gasteiger partial charge in [-0.3, -0.25) is 19.6 Å². The number of thiophene rings is 1. The van der Waals surface area contributed by atoms with Crippen molar-refractivity contribution in [2.45, 2.75) is 23.1 Å². The number of ether oxygens (including phenoxy) is 1. The van der Waals surface area contributed by atoms with E-state index in [0.29, 0.717) is 43.8 Å². The molecule has 1 fully saturated rings. The standard InChI is InChI=1S/C24H28FN3O3S2/c1-31-17-6-7-21-19(14-17)18(20(25)15-26-21)4-2-8-28-10-9-27(16-22(28)24(29)30)11-13-33-23-5-3-12-32-23/h3,5-7,12,14-15,22H,2,4,8-11,13,16H2,1H3,(H,29,30). The number of nitrogens with zero attached hydrogens (tertiary/aromatic N) is 3. The third-order valence-electron chi connectivity index (χ3n) is 6.01. The predicted molar refractivity (Wildman–Crippen MR) is 131 cm³/mol. The number of halogens is 1. The third-order valence-corrected chi connectivity index (χ3v) is 8.12. The van der Waals surface area contributed by atoms with E-state index in [9.17, 15) is 14.3 Å². The van der Waals surface area contributed by atoms with Crippen LogP contribution < -0.4 is 4.74 Å². The molecule has 176 valence electrons. The first-order chi connectivity index (χ1) is 16.0. The Labute approximate surface area is 201 Å². The molecule has 0 saturated carbocycles. The second kappa shape index (κ2) is 11.3. The first-order valence-corrected chi connectivity index (χ1v) is 12.9. The number of carbonyl (C=O) groups is 1. The van der Waals surface area contributed by atoms with Gasteiger partial charge < -0.3 is 9.84 Å². The zero-order chi connectivity index (χ0) is 23.2. The first kappa shape index (κ1) is 23.9. The van der Waals surface area contributed by atoms with E-state index < -0.39 is 12.0 Å². The quantitative estimate of drug-likeness (QED) is 0.427. The molecule has 1 saturated heterocycles. The maximum atomic E-state index is 14.6. The van der Waals surface area contributed by atoms with Gasteiger partial charge in [0.05, 0.1) is 23.0 Å². The van der Waals surface area contributed by atoms with E-state index in [1.807, 2.05) is 40.9 Å². The van der Waals surface area contributed by atoms with Crippen LogP contribution in [0.5, 0.6) is 5.75 Å². The molecule has 3 heterocycles. The largest absolute Gasteiger partial charge is 0.497 e. The molecular formula is C24H28FN3O3S2. The Balaban J connectivity index is 1.33. The van der Waals surface area contributed by atoms with E-state index in [1.165, 1.54) is 10.4 Å². The summed E-state index contributed by atoms with van der Waals surface area (Å²) in [5.41, 5.74) is 1.33. The number of hydrogen-bond donors (Lipinski definition) is 1. The van der Waals surface area contributed by atoms with Gasteiger partial charge in [-0.1, -0.05) is 6.07 Å². The molecule has 1 aliphatic heterocycles. The van der Waals surface area contributed by atoms with Gasteiger partial charge in [-0.2, -0.15) is 0 Å². The summed E-state index contributed by atoms with van der Waals surface area (Å²) >= 11 is 3.54. The molecular weight excluding hydrogens is 461 g/mol. The lowest BCUT2D eigenvalue weighted by Crippen LogP contribution is -2.56. The minimum absolute atomic E-state index is 0.335. The maximum absolute atomic E-state index is 14.6. The number of piperazine rings is 1. The number of benzene rings is 1. The van der Waals surface area contributed by atoms with Gasteiger partial charge in [0.2, 0.25) is 0 Å². The number of carboxylic acid groups (broad SMARTS) is 1. The van der Waals surface area contributed by atoms with Gasteiger partial charge in [-0.25, -0.2) is 4.39 Å². The lowest BCUT2D eigenvalue weighted by molar-refractivity contribution is -0.145. The number of thioether (sulfide) groups is 1. The van der Waals surface area contributed by atoms with Crippen LogP contribution in [-0.4, -0.2) is 77.5 Å². The van der Waals surface area contributed by atoms with Gasteiger partial charge in [0.1, 0.15) is 17.6 Å². The van der Waals surface area contributed by atoms with E-state index in [-0.39, 0.29) is 5.82 Å². The monoisotopic (exact) mass is 489 g/mol. The summed E-state index contributed by atoms with van der Waals surface area (Å²) in [4.78, 5) is 20.4. The average Bonchev–Trinajstić information content (AvgIpc) is 3.34. The molecule has 4 rings (SSSR count). The number of pyridine rings is 1. The Morgan fingerprint density at radius 1 is 1.33 bits per heavy atom. The lowest BCUT2D eigenvalue weighted by atomic mass is 10.0. The highest BCUT2D eigenvalue weighted by molar-refractivity contribution is 8.01. The van der Waals surface area contributed by atoms with Crippen LogP contribution in [0.4, 0.5) is 4.39 Å². The number of hydrogen-bond acceptors (Lipinski definition) is 7. The van der Waals surface area contributed by atoms with Gasteiger partial charge in [0.15, 0.2) is 0 Å². The Bertz CT molecular complexity index is 1080. The smallest absolute Gasteiger partial charge is 0.322 e. The van der Waals surface area contributed by atoms with Crippen molar-refractivity contribution in [1.29, 1.82) is 0 Å². The summed E-state index contributed by atoms with van der Waals surface area (Å²) in [6.07, 6.45) is 2.45. The summed E-state index contributed by atoms with van der Waals surface area (Å²) in [7, 11) is 1.58. The number of aromatic nitrogens is 1. The summed E-state index contributed by atoms with van der Waals surface area (Å²) in [6, 6.07) is 9.07. The Morgan fingerprint density at radius 3 is 2.97 bits per heavy atom. The Kier molecular flexibility index (Phi) is 8.19. The van der Waals surface area contributed by atoms with Crippen molar-refractivity contribution < 1.29 is 19.0 Å². The van der Waals surface area contributed by atoms with Crippen molar-refractivity contribution in [2.24, 2.45) is 0 Å². The van der Waals surface area contributed by atoms with E-state index in [0.717, 1.165) is 29.7 Å². The minimum atomic E-state index is -0.795. The molecule has 9 heteroatoms. The van der Waals surface area contributed by atoms with Crippen LogP contribution in [0.3, 0.4) is 0 Å². The predicted octanol–water partition coefficient (Wildman–Crippen LogP) is 4.24. The van der Waals surface area contributed by atoms with E-state index in [1.54, 1.807) is 18.4 Å². The highest BCUT2D eigenvalue weighted by Gasteiger charge is 2.31. The molecule has 2 aromatic heterocycles. The van der Waals surface area contributed by atoms with Crippen LogP contribution in [0.2, 0.25) is 0 Å². The van der Waals surface area contributed by atoms with Crippen molar-refractivity contribution in [2.75, 3.05) is 45.6 Å². The molecule has 0 aliphatic carbocycles. The highest BCUT2D eigenvalue weighted by atomic mass is 32.2. The molecule has 0 spiro atoms. The number of carboxylic acids is 1. The fourth-order valence-corrected chi connectivity index (χ4v) is 6.11. The molecule has 6 nitrogen and oxygen atoms in total. The summed E-state index contributed by atoms with van der Waals surface area (Å²) in [5, 5.41) is 12.6. The van der Waals surface area contributed by atoms with Crippen molar-refractivity contribution in [1.82, 2.24) is 14.8 Å². The number of aryl methyl sites for hydroxylation is 1. The van der Waals surface area contributed by atoms with E-state index in [4.69, 9.17) is 4.74 Å². The SMILES string of the molecule is COc1ccc2ncc(F)c(CCCN3CCN(CCSc4cccs4)CC3C(=O)O)c2c1. The van der Waals surface area contributed by atoms with E-state index >= 15 is 0 Å². The minimum Gasteiger partial charge on any atom is -0.497 e. The molecule has 1 atom stereocenters. The van der Waals surface area contributed by atoms with Gasteiger partial charge >= 0.3 is 5.97 Å². The number of fused-ring (bicyclic) bond motifs is 1. The fraction of sp³-hybridized carbons (Fsp3) is 0.417. The summed E-state index contributed by atoms with van der Waals surface area (Å²) < 4.78 is 21.2. The van der Waals surface area contributed by atoms with Gasteiger partial charge in [0, 0.05) is 37.3 Å². The Hall–Kier alpha value is -2.20. The zero-order valence-electron chi connectivity index (χ0n) is 18.6. The molecule has 1 aromatic carbocycles. The molecule has 1 unspecified atom stereocenters. The topological polar surface area (TPSA) is 65.9 Å². The molecule has 1 N–H and O–H groups in total. The van der Waals surface area contributed by atoms with Crippen molar-refractivity contribution in [3.63, 3.8) is 0 Å².